The SMILES string of the molecule is CC(=O)c1cccc(NC(=O)[C@H]2CCCN2S(=O)(=O)c2ccc(Cl)cc2)c1. The predicted molar refractivity (Wildman–Crippen MR) is 103 cm³/mol. The fraction of sp³-hybridized carbons (Fsp3) is 0.263. The molecule has 0 spiro atoms. The van der Waals surface area contributed by atoms with Crippen molar-refractivity contribution in [3.05, 3.63) is 59.1 Å². The summed E-state index contributed by atoms with van der Waals surface area (Å²) in [4.78, 5) is 24.3. The highest BCUT2D eigenvalue weighted by molar-refractivity contribution is 7.89. The largest absolute Gasteiger partial charge is 0.325 e. The van der Waals surface area contributed by atoms with Crippen LogP contribution in [-0.2, 0) is 14.8 Å². The van der Waals surface area contributed by atoms with E-state index in [0.29, 0.717) is 29.1 Å². The first-order chi connectivity index (χ1) is 12.8. The summed E-state index contributed by atoms with van der Waals surface area (Å²) in [5.41, 5.74) is 0.938. The second kappa shape index (κ2) is 7.80. The molecule has 1 amide bonds. The summed E-state index contributed by atoms with van der Waals surface area (Å²) in [7, 11) is -3.80. The van der Waals surface area contributed by atoms with Crippen molar-refractivity contribution in [1.82, 2.24) is 4.31 Å². The number of carbonyl (C=O) groups excluding carboxylic acids is 2. The van der Waals surface area contributed by atoms with E-state index in [0.717, 1.165) is 0 Å². The molecule has 0 unspecified atom stereocenters. The minimum atomic E-state index is -3.80. The van der Waals surface area contributed by atoms with Crippen molar-refractivity contribution < 1.29 is 18.0 Å². The minimum Gasteiger partial charge on any atom is -0.325 e. The topological polar surface area (TPSA) is 83.6 Å². The molecule has 6 nitrogen and oxygen atoms in total. The van der Waals surface area contributed by atoms with Crippen LogP contribution in [0.4, 0.5) is 5.69 Å². The van der Waals surface area contributed by atoms with Crippen LogP contribution in [0, 0.1) is 0 Å². The third kappa shape index (κ3) is 4.21. The number of amides is 1. The van der Waals surface area contributed by atoms with Crippen LogP contribution in [0.1, 0.15) is 30.1 Å². The molecule has 142 valence electrons. The Morgan fingerprint density at radius 2 is 1.85 bits per heavy atom. The second-order valence-corrected chi connectivity index (χ2v) is 8.68. The Kier molecular flexibility index (Phi) is 5.64. The highest BCUT2D eigenvalue weighted by Crippen LogP contribution is 2.27. The minimum absolute atomic E-state index is 0.102. The molecule has 1 N–H and O–H groups in total. The number of rotatable bonds is 5. The molecule has 8 heteroatoms. The molecule has 1 heterocycles. The number of nitrogens with one attached hydrogen (secondary N) is 1. The summed E-state index contributed by atoms with van der Waals surface area (Å²) < 4.78 is 27.1. The second-order valence-electron chi connectivity index (χ2n) is 6.35. The van der Waals surface area contributed by atoms with Gasteiger partial charge in [-0.05, 0) is 56.2 Å². The van der Waals surface area contributed by atoms with Gasteiger partial charge in [0.1, 0.15) is 6.04 Å². The van der Waals surface area contributed by atoms with E-state index in [-0.39, 0.29) is 17.2 Å². The van der Waals surface area contributed by atoms with Crippen LogP contribution in [-0.4, -0.2) is 37.0 Å². The van der Waals surface area contributed by atoms with Gasteiger partial charge in [-0.1, -0.05) is 23.7 Å². The number of hydrogen-bond acceptors (Lipinski definition) is 4. The van der Waals surface area contributed by atoms with Gasteiger partial charge in [-0.15, -0.1) is 0 Å². The van der Waals surface area contributed by atoms with E-state index in [2.05, 4.69) is 5.32 Å². The first-order valence-electron chi connectivity index (χ1n) is 8.48. The Morgan fingerprint density at radius 1 is 1.15 bits per heavy atom. The highest BCUT2D eigenvalue weighted by Gasteiger charge is 2.39. The average molecular weight is 407 g/mol. The highest BCUT2D eigenvalue weighted by atomic mass is 35.5. The lowest BCUT2D eigenvalue weighted by atomic mass is 10.1. The first-order valence-corrected chi connectivity index (χ1v) is 10.3. The van der Waals surface area contributed by atoms with Crippen molar-refractivity contribution in [2.45, 2.75) is 30.7 Å². The fourth-order valence-electron chi connectivity index (χ4n) is 3.07. The van der Waals surface area contributed by atoms with E-state index in [1.807, 2.05) is 0 Å². The molecule has 0 aliphatic carbocycles. The van der Waals surface area contributed by atoms with Gasteiger partial charge in [0, 0.05) is 22.8 Å². The number of carbonyl (C=O) groups is 2. The monoisotopic (exact) mass is 406 g/mol. The maximum absolute atomic E-state index is 12.9. The molecule has 1 saturated heterocycles. The molecular formula is C19H19ClN2O4S. The quantitative estimate of drug-likeness (QED) is 0.772. The third-order valence-corrected chi connectivity index (χ3v) is 6.64. The lowest BCUT2D eigenvalue weighted by Crippen LogP contribution is -2.43. The van der Waals surface area contributed by atoms with Crippen molar-refractivity contribution in [2.24, 2.45) is 0 Å². The Balaban J connectivity index is 1.81. The Bertz CT molecular complexity index is 973. The molecule has 0 bridgehead atoms. The standard InChI is InChI=1S/C19H19ClN2O4S/c1-13(23)14-4-2-5-16(12-14)21-19(24)18-6-3-11-22(18)27(25,26)17-9-7-15(20)8-10-17/h2,4-5,7-10,12,18H,3,6,11H2,1H3,(H,21,24)/t18-/m1/s1. The van der Waals surface area contributed by atoms with Gasteiger partial charge in [0.25, 0.3) is 0 Å². The summed E-state index contributed by atoms with van der Waals surface area (Å²) in [5.74, 6) is -0.523. The lowest BCUT2D eigenvalue weighted by molar-refractivity contribution is -0.119. The zero-order chi connectivity index (χ0) is 19.6. The lowest BCUT2D eigenvalue weighted by Gasteiger charge is -2.23. The first kappa shape index (κ1) is 19.5. The molecule has 2 aromatic rings. The van der Waals surface area contributed by atoms with Crippen molar-refractivity contribution in [3.63, 3.8) is 0 Å². The number of benzene rings is 2. The molecule has 0 saturated carbocycles. The van der Waals surface area contributed by atoms with Gasteiger partial charge < -0.3 is 5.32 Å². The number of sulfonamides is 1. The van der Waals surface area contributed by atoms with Gasteiger partial charge in [0.15, 0.2) is 5.78 Å². The molecule has 27 heavy (non-hydrogen) atoms. The van der Waals surface area contributed by atoms with Gasteiger partial charge in [-0.3, -0.25) is 9.59 Å². The van der Waals surface area contributed by atoms with Gasteiger partial charge >= 0.3 is 0 Å². The summed E-state index contributed by atoms with van der Waals surface area (Å²) in [6, 6.07) is 11.6. The average Bonchev–Trinajstić information content (AvgIpc) is 3.13. The summed E-state index contributed by atoms with van der Waals surface area (Å²) >= 11 is 5.83. The van der Waals surface area contributed by atoms with E-state index in [1.54, 1.807) is 24.3 Å². The Morgan fingerprint density at radius 3 is 2.52 bits per heavy atom. The maximum atomic E-state index is 12.9. The van der Waals surface area contributed by atoms with Crippen LogP contribution in [0.3, 0.4) is 0 Å². The number of anilines is 1. The molecule has 2 aromatic carbocycles. The van der Waals surface area contributed by atoms with E-state index in [9.17, 15) is 18.0 Å². The molecule has 1 aliphatic rings. The van der Waals surface area contributed by atoms with Crippen molar-refractivity contribution in [2.75, 3.05) is 11.9 Å². The molecule has 0 aromatic heterocycles. The smallest absolute Gasteiger partial charge is 0.243 e. The van der Waals surface area contributed by atoms with E-state index in [1.165, 1.54) is 35.5 Å². The third-order valence-electron chi connectivity index (χ3n) is 4.46. The molecular weight excluding hydrogens is 388 g/mol. The number of nitrogens with zero attached hydrogens (tertiary/aromatic N) is 1. The maximum Gasteiger partial charge on any atom is 0.243 e. The molecule has 1 atom stereocenters. The van der Waals surface area contributed by atoms with Crippen molar-refractivity contribution in [1.29, 1.82) is 0 Å². The van der Waals surface area contributed by atoms with Crippen molar-refractivity contribution in [3.8, 4) is 0 Å². The van der Waals surface area contributed by atoms with E-state index >= 15 is 0 Å². The van der Waals surface area contributed by atoms with Crippen LogP contribution >= 0.6 is 11.6 Å². The van der Waals surface area contributed by atoms with Crippen molar-refractivity contribution >= 4 is 39.0 Å². The van der Waals surface area contributed by atoms with Crippen LogP contribution in [0.2, 0.25) is 5.02 Å². The fourth-order valence-corrected chi connectivity index (χ4v) is 4.86. The number of Topliss-reactive ketones (excluding diaryl/α,β-unsaturated/α-hetero) is 1. The van der Waals surface area contributed by atoms with Crippen LogP contribution < -0.4 is 5.32 Å². The van der Waals surface area contributed by atoms with Crippen LogP contribution in [0.25, 0.3) is 0 Å². The van der Waals surface area contributed by atoms with Gasteiger partial charge in [0.05, 0.1) is 4.90 Å². The van der Waals surface area contributed by atoms with Crippen LogP contribution in [0.15, 0.2) is 53.4 Å². The summed E-state index contributed by atoms with van der Waals surface area (Å²) in [6.07, 6.45) is 1.03. The van der Waals surface area contributed by atoms with Gasteiger partial charge in [0.2, 0.25) is 15.9 Å². The number of halogens is 1. The number of hydrogen-bond donors (Lipinski definition) is 1. The van der Waals surface area contributed by atoms with E-state index in [4.69, 9.17) is 11.6 Å². The molecule has 3 rings (SSSR count). The normalized spacial score (nSPS) is 17.6. The molecule has 1 aliphatic heterocycles. The Hall–Kier alpha value is -2.22. The van der Waals surface area contributed by atoms with Crippen LogP contribution in [0.5, 0.6) is 0 Å². The predicted octanol–water partition coefficient (Wildman–Crippen LogP) is 3.33. The van der Waals surface area contributed by atoms with Gasteiger partial charge in [-0.25, -0.2) is 8.42 Å². The Labute approximate surface area is 163 Å². The summed E-state index contributed by atoms with van der Waals surface area (Å²) in [5, 5.41) is 3.16. The molecule has 1 fully saturated rings. The van der Waals surface area contributed by atoms with E-state index < -0.39 is 22.0 Å². The zero-order valence-corrected chi connectivity index (χ0v) is 16.3. The molecule has 0 radical (unpaired) electrons. The number of ketones is 1. The summed E-state index contributed by atoms with van der Waals surface area (Å²) in [6.45, 7) is 1.72. The van der Waals surface area contributed by atoms with Gasteiger partial charge in [-0.2, -0.15) is 4.31 Å². The zero-order valence-electron chi connectivity index (χ0n) is 14.7.